The third-order valence-electron chi connectivity index (χ3n) is 3.25. The summed E-state index contributed by atoms with van der Waals surface area (Å²) < 4.78 is 0.501. The van der Waals surface area contributed by atoms with Crippen LogP contribution in [0, 0.1) is 10.1 Å². The van der Waals surface area contributed by atoms with Crippen molar-refractivity contribution in [2.75, 3.05) is 0 Å². The maximum Gasteiger partial charge on any atom is 0.296 e. The van der Waals surface area contributed by atoms with Gasteiger partial charge >= 0.3 is 0 Å². The van der Waals surface area contributed by atoms with Crippen LogP contribution < -0.4 is 0 Å². The smallest absolute Gasteiger partial charge is 0.296 e. The van der Waals surface area contributed by atoms with Gasteiger partial charge in [-0.15, -0.1) is 10.2 Å². The minimum Gasteiger partial charge on any atom is -0.505 e. The van der Waals surface area contributed by atoms with E-state index in [4.69, 9.17) is 0 Å². The number of para-hydroxylation sites is 1. The van der Waals surface area contributed by atoms with E-state index in [0.29, 0.717) is 4.47 Å². The van der Waals surface area contributed by atoms with Crippen LogP contribution in [0.15, 0.2) is 51.1 Å². The van der Waals surface area contributed by atoms with Crippen molar-refractivity contribution in [3.8, 4) is 5.75 Å². The first kappa shape index (κ1) is 17.1. The Hall–Kier alpha value is -2.28. The van der Waals surface area contributed by atoms with Crippen molar-refractivity contribution in [1.29, 1.82) is 0 Å². The SMILES string of the molecule is CC(C)(C)c1cc(Br)c(O)c(N=Nc2ccccc2[N+](=O)[O-])c1. The summed E-state index contributed by atoms with van der Waals surface area (Å²) in [5, 5.41) is 29.0. The molecule has 2 aromatic rings. The molecule has 0 aliphatic heterocycles. The molecular weight excluding hydrogens is 362 g/mol. The molecule has 0 radical (unpaired) electrons. The zero-order valence-electron chi connectivity index (χ0n) is 12.9. The average molecular weight is 378 g/mol. The Morgan fingerprint density at radius 3 is 2.35 bits per heavy atom. The van der Waals surface area contributed by atoms with E-state index in [0.717, 1.165) is 5.56 Å². The van der Waals surface area contributed by atoms with Crippen LogP contribution in [0.3, 0.4) is 0 Å². The highest BCUT2D eigenvalue weighted by molar-refractivity contribution is 9.10. The Balaban J connectivity index is 2.48. The minimum atomic E-state index is -0.518. The summed E-state index contributed by atoms with van der Waals surface area (Å²) in [6, 6.07) is 9.60. The molecule has 7 heteroatoms. The molecule has 0 atom stereocenters. The topological polar surface area (TPSA) is 88.1 Å². The Labute approximate surface area is 142 Å². The molecule has 0 spiro atoms. The van der Waals surface area contributed by atoms with Crippen LogP contribution in [0.2, 0.25) is 0 Å². The van der Waals surface area contributed by atoms with Gasteiger partial charge in [0.2, 0.25) is 0 Å². The van der Waals surface area contributed by atoms with Crippen LogP contribution in [-0.4, -0.2) is 10.0 Å². The van der Waals surface area contributed by atoms with Gasteiger partial charge in [-0.25, -0.2) is 0 Å². The summed E-state index contributed by atoms with van der Waals surface area (Å²) in [5.41, 5.74) is 1.07. The van der Waals surface area contributed by atoms with E-state index in [1.807, 2.05) is 26.8 Å². The van der Waals surface area contributed by atoms with E-state index in [1.165, 1.54) is 12.1 Å². The number of benzene rings is 2. The lowest BCUT2D eigenvalue weighted by Gasteiger charge is -2.20. The van der Waals surface area contributed by atoms with Gasteiger partial charge in [0.25, 0.3) is 5.69 Å². The summed E-state index contributed by atoms with van der Waals surface area (Å²) in [5.74, 6) is -0.0552. The number of hydrogen-bond acceptors (Lipinski definition) is 5. The molecular formula is C16H16BrN3O3. The first-order chi connectivity index (χ1) is 10.7. The molecule has 0 bridgehead atoms. The van der Waals surface area contributed by atoms with Gasteiger partial charge in [-0.1, -0.05) is 32.9 Å². The van der Waals surface area contributed by atoms with Gasteiger partial charge in [0.15, 0.2) is 11.4 Å². The monoisotopic (exact) mass is 377 g/mol. The van der Waals surface area contributed by atoms with E-state index in [2.05, 4.69) is 26.2 Å². The number of phenols is 1. The number of hydrogen-bond donors (Lipinski definition) is 1. The Morgan fingerprint density at radius 2 is 1.74 bits per heavy atom. The molecule has 0 fully saturated rings. The predicted octanol–water partition coefficient (Wildman–Crippen LogP) is 5.78. The summed E-state index contributed by atoms with van der Waals surface area (Å²) in [4.78, 5) is 10.5. The van der Waals surface area contributed by atoms with Crippen LogP contribution in [0.5, 0.6) is 5.75 Å². The van der Waals surface area contributed by atoms with Crippen LogP contribution >= 0.6 is 15.9 Å². The van der Waals surface area contributed by atoms with Crippen molar-refractivity contribution in [1.82, 2.24) is 0 Å². The molecule has 6 nitrogen and oxygen atoms in total. The summed E-state index contributed by atoms with van der Waals surface area (Å²) in [6.45, 7) is 6.11. The van der Waals surface area contributed by atoms with E-state index < -0.39 is 4.92 Å². The lowest BCUT2D eigenvalue weighted by atomic mass is 9.87. The molecule has 0 aliphatic rings. The molecule has 0 saturated carbocycles. The van der Waals surface area contributed by atoms with Crippen molar-refractivity contribution in [3.63, 3.8) is 0 Å². The molecule has 23 heavy (non-hydrogen) atoms. The second kappa shape index (κ2) is 6.45. The molecule has 2 rings (SSSR count). The molecule has 0 aliphatic carbocycles. The van der Waals surface area contributed by atoms with Gasteiger partial charge in [0.1, 0.15) is 5.69 Å². The molecule has 0 heterocycles. The van der Waals surface area contributed by atoms with Crippen LogP contribution in [0.4, 0.5) is 17.1 Å². The molecule has 2 aromatic carbocycles. The van der Waals surface area contributed by atoms with Gasteiger partial charge in [-0.3, -0.25) is 10.1 Å². The zero-order chi connectivity index (χ0) is 17.2. The van der Waals surface area contributed by atoms with Crippen LogP contribution in [0.1, 0.15) is 26.3 Å². The number of azo groups is 1. The van der Waals surface area contributed by atoms with Crippen molar-refractivity contribution in [2.24, 2.45) is 10.2 Å². The molecule has 0 saturated heterocycles. The second-order valence-electron chi connectivity index (χ2n) is 6.02. The highest BCUT2D eigenvalue weighted by atomic mass is 79.9. The lowest BCUT2D eigenvalue weighted by Crippen LogP contribution is -2.10. The fraction of sp³-hybridized carbons (Fsp3) is 0.250. The van der Waals surface area contributed by atoms with E-state index >= 15 is 0 Å². The molecule has 0 unspecified atom stereocenters. The van der Waals surface area contributed by atoms with Gasteiger partial charge in [0.05, 0.1) is 9.40 Å². The standard InChI is InChI=1S/C16H16BrN3O3/c1-16(2,3)10-8-11(17)15(21)13(9-10)19-18-12-6-4-5-7-14(12)20(22)23/h4-9,21H,1-3H3. The van der Waals surface area contributed by atoms with Crippen molar-refractivity contribution < 1.29 is 10.0 Å². The largest absolute Gasteiger partial charge is 0.505 e. The summed E-state index contributed by atoms with van der Waals surface area (Å²) in [6.07, 6.45) is 0. The number of nitrogens with zero attached hydrogens (tertiary/aromatic N) is 3. The Bertz CT molecular complexity index is 783. The third kappa shape index (κ3) is 3.92. The first-order valence-electron chi connectivity index (χ1n) is 6.88. The van der Waals surface area contributed by atoms with E-state index in [9.17, 15) is 15.2 Å². The fourth-order valence-electron chi connectivity index (χ4n) is 1.90. The highest BCUT2D eigenvalue weighted by Gasteiger charge is 2.18. The van der Waals surface area contributed by atoms with Gasteiger partial charge in [-0.2, -0.15) is 0 Å². The highest BCUT2D eigenvalue weighted by Crippen LogP contribution is 2.40. The number of nitro groups is 1. The fourth-order valence-corrected chi connectivity index (χ4v) is 2.35. The van der Waals surface area contributed by atoms with Gasteiger partial charge < -0.3 is 5.11 Å². The normalized spacial score (nSPS) is 11.8. The van der Waals surface area contributed by atoms with Crippen molar-refractivity contribution >= 4 is 33.0 Å². The average Bonchev–Trinajstić information content (AvgIpc) is 2.47. The van der Waals surface area contributed by atoms with Crippen LogP contribution in [-0.2, 0) is 5.41 Å². The Morgan fingerprint density at radius 1 is 1.13 bits per heavy atom. The predicted molar refractivity (Wildman–Crippen MR) is 91.8 cm³/mol. The molecule has 1 N–H and O–H groups in total. The zero-order valence-corrected chi connectivity index (χ0v) is 14.5. The van der Waals surface area contributed by atoms with Crippen molar-refractivity contribution in [2.45, 2.75) is 26.2 Å². The number of phenolic OH excluding ortho intramolecular Hbond substituents is 1. The second-order valence-corrected chi connectivity index (χ2v) is 6.88. The van der Waals surface area contributed by atoms with Gasteiger partial charge in [0, 0.05) is 6.07 Å². The summed E-state index contributed by atoms with van der Waals surface area (Å²) >= 11 is 3.29. The number of halogens is 1. The third-order valence-corrected chi connectivity index (χ3v) is 3.86. The number of nitro benzene ring substituents is 1. The van der Waals surface area contributed by atoms with Crippen molar-refractivity contribution in [3.05, 3.63) is 56.5 Å². The van der Waals surface area contributed by atoms with Gasteiger partial charge in [-0.05, 0) is 45.1 Å². The first-order valence-corrected chi connectivity index (χ1v) is 7.67. The van der Waals surface area contributed by atoms with E-state index in [1.54, 1.807) is 18.2 Å². The van der Waals surface area contributed by atoms with Crippen LogP contribution in [0.25, 0.3) is 0 Å². The number of rotatable bonds is 3. The maximum atomic E-state index is 11.0. The minimum absolute atomic E-state index is 0.0552. The maximum absolute atomic E-state index is 11.0. The number of aromatic hydroxyl groups is 1. The summed E-state index contributed by atoms with van der Waals surface area (Å²) in [7, 11) is 0. The quantitative estimate of drug-likeness (QED) is 0.417. The molecule has 0 amide bonds. The molecule has 0 aromatic heterocycles. The molecule has 120 valence electrons. The lowest BCUT2D eigenvalue weighted by molar-refractivity contribution is -0.384. The Kier molecular flexibility index (Phi) is 4.79. The van der Waals surface area contributed by atoms with E-state index in [-0.39, 0.29) is 28.2 Å².